The SMILES string of the molecule is COc1ccc(NC(C)(CO)c2ccc(Cl)cc2)cc1. The molecule has 2 aromatic carbocycles. The Balaban J connectivity index is 2.23. The smallest absolute Gasteiger partial charge is 0.119 e. The van der Waals surface area contributed by atoms with E-state index in [2.05, 4.69) is 5.32 Å². The molecular weight excluding hydrogens is 274 g/mol. The summed E-state index contributed by atoms with van der Waals surface area (Å²) in [5.41, 5.74) is 1.32. The van der Waals surface area contributed by atoms with Crippen LogP contribution >= 0.6 is 11.6 Å². The van der Waals surface area contributed by atoms with Crippen molar-refractivity contribution in [3.63, 3.8) is 0 Å². The number of nitrogens with one attached hydrogen (secondary N) is 1. The van der Waals surface area contributed by atoms with Crippen molar-refractivity contribution in [2.75, 3.05) is 19.0 Å². The molecule has 0 bridgehead atoms. The van der Waals surface area contributed by atoms with E-state index in [1.807, 2.05) is 55.5 Å². The summed E-state index contributed by atoms with van der Waals surface area (Å²) in [6.45, 7) is 1.92. The Morgan fingerprint density at radius 3 is 2.20 bits per heavy atom. The molecule has 2 N–H and O–H groups in total. The van der Waals surface area contributed by atoms with Gasteiger partial charge in [0.25, 0.3) is 0 Å². The second kappa shape index (κ2) is 6.16. The van der Waals surface area contributed by atoms with Gasteiger partial charge in [0.1, 0.15) is 5.75 Å². The molecule has 0 saturated carbocycles. The Morgan fingerprint density at radius 1 is 1.10 bits per heavy atom. The molecule has 4 heteroatoms. The van der Waals surface area contributed by atoms with Crippen LogP contribution in [0.15, 0.2) is 48.5 Å². The van der Waals surface area contributed by atoms with E-state index in [1.54, 1.807) is 7.11 Å². The fourth-order valence-electron chi connectivity index (χ4n) is 2.01. The van der Waals surface area contributed by atoms with E-state index >= 15 is 0 Å². The molecule has 1 atom stereocenters. The number of rotatable bonds is 5. The number of hydrogen-bond donors (Lipinski definition) is 2. The van der Waals surface area contributed by atoms with Gasteiger partial charge in [-0.05, 0) is 48.9 Å². The normalized spacial score (nSPS) is 13.6. The van der Waals surface area contributed by atoms with Gasteiger partial charge in [-0.2, -0.15) is 0 Å². The topological polar surface area (TPSA) is 41.5 Å². The van der Waals surface area contributed by atoms with Crippen molar-refractivity contribution in [2.24, 2.45) is 0 Å². The highest BCUT2D eigenvalue weighted by atomic mass is 35.5. The maximum Gasteiger partial charge on any atom is 0.119 e. The van der Waals surface area contributed by atoms with Crippen LogP contribution in [0.4, 0.5) is 5.69 Å². The second-order valence-corrected chi connectivity index (χ2v) is 5.29. The predicted octanol–water partition coefficient (Wildman–Crippen LogP) is 3.67. The lowest BCUT2D eigenvalue weighted by molar-refractivity contribution is 0.224. The minimum absolute atomic E-state index is 0.0271. The molecule has 0 aromatic heterocycles. The number of aliphatic hydroxyl groups is 1. The number of anilines is 1. The molecule has 106 valence electrons. The summed E-state index contributed by atoms with van der Waals surface area (Å²) < 4.78 is 5.13. The molecule has 0 heterocycles. The predicted molar refractivity (Wildman–Crippen MR) is 82.5 cm³/mol. The fraction of sp³-hybridized carbons (Fsp3) is 0.250. The average molecular weight is 292 g/mol. The largest absolute Gasteiger partial charge is 0.497 e. The third-order valence-electron chi connectivity index (χ3n) is 3.31. The minimum Gasteiger partial charge on any atom is -0.497 e. The van der Waals surface area contributed by atoms with Crippen LogP contribution in [-0.2, 0) is 5.54 Å². The van der Waals surface area contributed by atoms with Gasteiger partial charge in [0.2, 0.25) is 0 Å². The molecule has 0 aliphatic carbocycles. The molecule has 0 spiro atoms. The van der Waals surface area contributed by atoms with Crippen LogP contribution in [0.3, 0.4) is 0 Å². The van der Waals surface area contributed by atoms with Crippen LogP contribution in [0, 0.1) is 0 Å². The molecule has 0 fully saturated rings. The maximum absolute atomic E-state index is 9.75. The number of hydrogen-bond acceptors (Lipinski definition) is 3. The van der Waals surface area contributed by atoms with Gasteiger partial charge < -0.3 is 15.2 Å². The van der Waals surface area contributed by atoms with Gasteiger partial charge in [0.05, 0.1) is 19.3 Å². The first-order valence-corrected chi connectivity index (χ1v) is 6.74. The summed E-state index contributed by atoms with van der Waals surface area (Å²) in [5, 5.41) is 13.8. The first-order chi connectivity index (χ1) is 9.57. The first kappa shape index (κ1) is 14.7. The van der Waals surface area contributed by atoms with E-state index in [9.17, 15) is 5.11 Å². The lowest BCUT2D eigenvalue weighted by Gasteiger charge is -2.30. The van der Waals surface area contributed by atoms with Gasteiger partial charge in [0, 0.05) is 10.7 Å². The fourth-order valence-corrected chi connectivity index (χ4v) is 2.14. The lowest BCUT2D eigenvalue weighted by Crippen LogP contribution is -2.35. The quantitative estimate of drug-likeness (QED) is 0.883. The van der Waals surface area contributed by atoms with Crippen molar-refractivity contribution < 1.29 is 9.84 Å². The van der Waals surface area contributed by atoms with Crippen LogP contribution in [0.1, 0.15) is 12.5 Å². The van der Waals surface area contributed by atoms with E-state index in [4.69, 9.17) is 16.3 Å². The van der Waals surface area contributed by atoms with Crippen molar-refractivity contribution in [3.05, 3.63) is 59.1 Å². The molecular formula is C16H18ClNO2. The Kier molecular flexibility index (Phi) is 4.53. The van der Waals surface area contributed by atoms with Crippen molar-refractivity contribution in [1.29, 1.82) is 0 Å². The van der Waals surface area contributed by atoms with E-state index in [-0.39, 0.29) is 6.61 Å². The zero-order valence-corrected chi connectivity index (χ0v) is 12.3. The van der Waals surface area contributed by atoms with Crippen molar-refractivity contribution in [1.82, 2.24) is 0 Å². The Bertz CT molecular complexity index is 554. The van der Waals surface area contributed by atoms with Crippen LogP contribution < -0.4 is 10.1 Å². The molecule has 1 unspecified atom stereocenters. The van der Waals surface area contributed by atoms with Crippen LogP contribution in [-0.4, -0.2) is 18.8 Å². The third-order valence-corrected chi connectivity index (χ3v) is 3.56. The summed E-state index contributed by atoms with van der Waals surface area (Å²) in [6, 6.07) is 15.1. The van der Waals surface area contributed by atoms with E-state index in [1.165, 1.54) is 0 Å². The van der Waals surface area contributed by atoms with Crippen LogP contribution in [0.5, 0.6) is 5.75 Å². The molecule has 0 radical (unpaired) electrons. The third kappa shape index (κ3) is 3.24. The van der Waals surface area contributed by atoms with Crippen molar-refractivity contribution >= 4 is 17.3 Å². The van der Waals surface area contributed by atoms with E-state index in [0.29, 0.717) is 5.02 Å². The standard InChI is InChI=1S/C16H18ClNO2/c1-16(11-19,12-3-5-13(17)6-4-12)18-14-7-9-15(20-2)10-8-14/h3-10,18-19H,11H2,1-2H3. The summed E-state index contributed by atoms with van der Waals surface area (Å²) in [4.78, 5) is 0. The molecule has 2 rings (SSSR count). The van der Waals surface area contributed by atoms with E-state index < -0.39 is 5.54 Å². The molecule has 20 heavy (non-hydrogen) atoms. The highest BCUT2D eigenvalue weighted by Crippen LogP contribution is 2.27. The maximum atomic E-state index is 9.75. The molecule has 2 aromatic rings. The van der Waals surface area contributed by atoms with Gasteiger partial charge in [0.15, 0.2) is 0 Å². The summed E-state index contributed by atoms with van der Waals surface area (Å²) in [7, 11) is 1.63. The zero-order chi connectivity index (χ0) is 14.6. The molecule has 0 aliphatic rings. The Morgan fingerprint density at radius 2 is 1.70 bits per heavy atom. The highest BCUT2D eigenvalue weighted by Gasteiger charge is 2.25. The lowest BCUT2D eigenvalue weighted by atomic mass is 9.92. The average Bonchev–Trinajstić information content (AvgIpc) is 2.48. The summed E-state index contributed by atoms with van der Waals surface area (Å²) >= 11 is 5.90. The van der Waals surface area contributed by atoms with Gasteiger partial charge >= 0.3 is 0 Å². The van der Waals surface area contributed by atoms with Gasteiger partial charge in [-0.15, -0.1) is 0 Å². The Hall–Kier alpha value is -1.71. The first-order valence-electron chi connectivity index (χ1n) is 6.36. The monoisotopic (exact) mass is 291 g/mol. The highest BCUT2D eigenvalue weighted by molar-refractivity contribution is 6.30. The Labute approximate surface area is 124 Å². The summed E-state index contributed by atoms with van der Waals surface area (Å²) in [6.07, 6.45) is 0. The molecule has 0 amide bonds. The second-order valence-electron chi connectivity index (χ2n) is 4.85. The van der Waals surface area contributed by atoms with E-state index in [0.717, 1.165) is 17.0 Å². The van der Waals surface area contributed by atoms with Gasteiger partial charge in [-0.3, -0.25) is 0 Å². The van der Waals surface area contributed by atoms with Crippen molar-refractivity contribution in [2.45, 2.75) is 12.5 Å². The van der Waals surface area contributed by atoms with Gasteiger partial charge in [-0.1, -0.05) is 23.7 Å². The number of benzene rings is 2. The number of methoxy groups -OCH3 is 1. The molecule has 3 nitrogen and oxygen atoms in total. The van der Waals surface area contributed by atoms with Gasteiger partial charge in [-0.25, -0.2) is 0 Å². The molecule has 0 aliphatic heterocycles. The minimum atomic E-state index is -0.570. The molecule has 0 saturated heterocycles. The van der Waals surface area contributed by atoms with Crippen LogP contribution in [0.25, 0.3) is 0 Å². The number of ether oxygens (including phenoxy) is 1. The van der Waals surface area contributed by atoms with Crippen LogP contribution in [0.2, 0.25) is 5.02 Å². The summed E-state index contributed by atoms with van der Waals surface area (Å²) in [5.74, 6) is 0.799. The zero-order valence-electron chi connectivity index (χ0n) is 11.6. The number of aliphatic hydroxyl groups excluding tert-OH is 1. The number of halogens is 1. The van der Waals surface area contributed by atoms with Crippen molar-refractivity contribution in [3.8, 4) is 5.75 Å².